The number of nitrogens with one attached hydrogen (secondary N) is 1. The van der Waals surface area contributed by atoms with E-state index in [2.05, 4.69) is 10.2 Å². The number of methoxy groups -OCH3 is 1. The Morgan fingerprint density at radius 2 is 1.88 bits per heavy atom. The van der Waals surface area contributed by atoms with Crippen molar-refractivity contribution in [3.05, 3.63) is 18.2 Å². The van der Waals surface area contributed by atoms with Crippen LogP contribution in [0.15, 0.2) is 23.1 Å². The van der Waals surface area contributed by atoms with Gasteiger partial charge in [-0.2, -0.15) is 4.31 Å². The minimum atomic E-state index is -3.59. The summed E-state index contributed by atoms with van der Waals surface area (Å²) in [5.74, 6) is 0.486. The molecule has 1 amide bonds. The van der Waals surface area contributed by atoms with Crippen molar-refractivity contribution in [2.45, 2.75) is 25.2 Å². The fourth-order valence-corrected chi connectivity index (χ4v) is 4.14. The molecule has 0 radical (unpaired) electrons. The third-order valence-electron chi connectivity index (χ3n) is 4.14. The topological polar surface area (TPSA) is 79.0 Å². The van der Waals surface area contributed by atoms with Crippen molar-refractivity contribution >= 4 is 21.6 Å². The number of benzene rings is 1. The maximum atomic E-state index is 12.9. The van der Waals surface area contributed by atoms with Crippen LogP contribution in [-0.4, -0.2) is 63.9 Å². The van der Waals surface area contributed by atoms with Crippen molar-refractivity contribution < 1.29 is 17.9 Å². The zero-order valence-corrected chi connectivity index (χ0v) is 16.1. The van der Waals surface area contributed by atoms with Crippen LogP contribution in [0.25, 0.3) is 0 Å². The van der Waals surface area contributed by atoms with Crippen LogP contribution >= 0.6 is 0 Å². The lowest BCUT2D eigenvalue weighted by Gasteiger charge is -2.31. The van der Waals surface area contributed by atoms with Gasteiger partial charge in [-0.15, -0.1) is 0 Å². The minimum absolute atomic E-state index is 0.164. The molecule has 140 valence electrons. The number of carbonyl (C=O) groups is 1. The second-order valence-electron chi connectivity index (χ2n) is 6.72. The molecule has 1 fully saturated rings. The van der Waals surface area contributed by atoms with Crippen LogP contribution in [0.3, 0.4) is 0 Å². The molecule has 0 saturated carbocycles. The first-order valence-electron chi connectivity index (χ1n) is 8.40. The first-order valence-corrected chi connectivity index (χ1v) is 9.84. The quantitative estimate of drug-likeness (QED) is 0.824. The summed E-state index contributed by atoms with van der Waals surface area (Å²) in [5.41, 5.74) is 0.378. The van der Waals surface area contributed by atoms with Gasteiger partial charge in [0.05, 0.1) is 17.7 Å². The fraction of sp³-hybridized carbons (Fsp3) is 0.588. The molecule has 1 aliphatic heterocycles. The summed E-state index contributed by atoms with van der Waals surface area (Å²) in [4.78, 5) is 14.3. The normalized spacial score (nSPS) is 16.8. The van der Waals surface area contributed by atoms with Gasteiger partial charge in [-0.25, -0.2) is 8.42 Å². The van der Waals surface area contributed by atoms with Gasteiger partial charge in [0.15, 0.2) is 0 Å². The van der Waals surface area contributed by atoms with Crippen LogP contribution in [0.5, 0.6) is 5.75 Å². The summed E-state index contributed by atoms with van der Waals surface area (Å²) in [7, 11) is -0.132. The number of amides is 1. The van der Waals surface area contributed by atoms with Crippen LogP contribution in [0.2, 0.25) is 0 Å². The van der Waals surface area contributed by atoms with Crippen LogP contribution in [0.4, 0.5) is 5.69 Å². The highest BCUT2D eigenvalue weighted by Crippen LogP contribution is 2.29. The molecule has 0 aromatic heterocycles. The number of likely N-dealkylation sites (N-methyl/N-ethyl adjacent to an activating group) is 1. The number of anilines is 1. The van der Waals surface area contributed by atoms with Gasteiger partial charge >= 0.3 is 0 Å². The second-order valence-corrected chi connectivity index (χ2v) is 8.65. The van der Waals surface area contributed by atoms with Crippen molar-refractivity contribution in [3.8, 4) is 5.75 Å². The number of rotatable bonds is 6. The Hall–Kier alpha value is -1.64. The van der Waals surface area contributed by atoms with Crippen LogP contribution in [0.1, 0.15) is 20.3 Å². The first kappa shape index (κ1) is 19.7. The molecule has 0 atom stereocenters. The van der Waals surface area contributed by atoms with E-state index in [1.165, 1.54) is 23.5 Å². The van der Waals surface area contributed by atoms with E-state index in [0.717, 1.165) is 0 Å². The molecule has 25 heavy (non-hydrogen) atoms. The number of carbonyl (C=O) groups excluding carboxylic acids is 1. The summed E-state index contributed by atoms with van der Waals surface area (Å²) in [6.07, 6.45) is 0.360. The molecular formula is C17H27N3O4S. The Balaban J connectivity index is 2.26. The zero-order valence-electron chi connectivity index (χ0n) is 15.3. The summed E-state index contributed by atoms with van der Waals surface area (Å²) >= 11 is 0. The van der Waals surface area contributed by atoms with Gasteiger partial charge in [-0.05, 0) is 31.2 Å². The molecule has 7 nitrogen and oxygen atoms in total. The maximum Gasteiger partial charge on any atom is 0.243 e. The standard InChI is InChI=1S/C17H27N3O4S/c1-13(2)11-17(21)18-15-12-14(5-6-16(15)24-4)25(22,23)20-9-7-19(3)8-10-20/h5-6,12-13H,7-11H2,1-4H3,(H,18,21). The molecule has 1 N–H and O–H groups in total. The summed E-state index contributed by atoms with van der Waals surface area (Å²) in [6.45, 7) is 6.22. The number of sulfonamides is 1. The van der Waals surface area contributed by atoms with Gasteiger partial charge in [-0.3, -0.25) is 4.79 Å². The summed E-state index contributed by atoms with van der Waals surface area (Å²) in [6, 6.07) is 4.57. The molecule has 0 bridgehead atoms. The fourth-order valence-electron chi connectivity index (χ4n) is 2.69. The molecule has 1 aliphatic rings. The van der Waals surface area contributed by atoms with Crippen molar-refractivity contribution in [1.29, 1.82) is 0 Å². The average Bonchev–Trinajstić information content (AvgIpc) is 2.54. The molecule has 1 aromatic rings. The highest BCUT2D eigenvalue weighted by Gasteiger charge is 2.28. The van der Waals surface area contributed by atoms with Gasteiger partial charge in [0.25, 0.3) is 0 Å². The molecule has 8 heteroatoms. The van der Waals surface area contributed by atoms with E-state index in [4.69, 9.17) is 4.74 Å². The zero-order chi connectivity index (χ0) is 18.6. The lowest BCUT2D eigenvalue weighted by molar-refractivity contribution is -0.116. The molecule has 1 saturated heterocycles. The number of ether oxygens (including phenoxy) is 1. The molecule has 1 aromatic carbocycles. The monoisotopic (exact) mass is 369 g/mol. The third-order valence-corrected chi connectivity index (χ3v) is 6.03. The smallest absolute Gasteiger partial charge is 0.243 e. The predicted octanol–water partition coefficient (Wildman–Crippen LogP) is 1.62. The highest BCUT2D eigenvalue weighted by atomic mass is 32.2. The van der Waals surface area contributed by atoms with E-state index < -0.39 is 10.0 Å². The Kier molecular flexibility index (Phi) is 6.42. The van der Waals surface area contributed by atoms with E-state index in [0.29, 0.717) is 44.0 Å². The van der Waals surface area contributed by atoms with Crippen LogP contribution in [0, 0.1) is 5.92 Å². The van der Waals surface area contributed by atoms with Crippen molar-refractivity contribution in [1.82, 2.24) is 9.21 Å². The van der Waals surface area contributed by atoms with Crippen molar-refractivity contribution in [2.24, 2.45) is 5.92 Å². The van der Waals surface area contributed by atoms with E-state index in [-0.39, 0.29) is 16.7 Å². The first-order chi connectivity index (χ1) is 11.7. The molecule has 0 spiro atoms. The van der Waals surface area contributed by atoms with Crippen molar-refractivity contribution in [3.63, 3.8) is 0 Å². The molecular weight excluding hydrogens is 342 g/mol. The Bertz CT molecular complexity index is 711. The summed E-state index contributed by atoms with van der Waals surface area (Å²) < 4.78 is 32.5. The Labute approximate surface area is 150 Å². The minimum Gasteiger partial charge on any atom is -0.495 e. The molecule has 0 unspecified atom stereocenters. The lowest BCUT2D eigenvalue weighted by Crippen LogP contribution is -2.47. The van der Waals surface area contributed by atoms with E-state index in [1.807, 2.05) is 20.9 Å². The van der Waals surface area contributed by atoms with Crippen LogP contribution in [-0.2, 0) is 14.8 Å². The van der Waals surface area contributed by atoms with E-state index in [9.17, 15) is 13.2 Å². The largest absolute Gasteiger partial charge is 0.495 e. The average molecular weight is 369 g/mol. The number of hydrogen-bond acceptors (Lipinski definition) is 5. The van der Waals surface area contributed by atoms with Gasteiger partial charge in [-0.1, -0.05) is 13.8 Å². The van der Waals surface area contributed by atoms with Gasteiger partial charge in [0, 0.05) is 32.6 Å². The number of piperazine rings is 1. The van der Waals surface area contributed by atoms with Crippen molar-refractivity contribution in [2.75, 3.05) is 45.7 Å². The maximum absolute atomic E-state index is 12.9. The van der Waals surface area contributed by atoms with E-state index in [1.54, 1.807) is 6.07 Å². The second kappa shape index (κ2) is 8.16. The number of hydrogen-bond donors (Lipinski definition) is 1. The lowest BCUT2D eigenvalue weighted by atomic mass is 10.1. The Morgan fingerprint density at radius 1 is 1.24 bits per heavy atom. The Morgan fingerprint density at radius 3 is 2.44 bits per heavy atom. The van der Waals surface area contributed by atoms with Crippen LogP contribution < -0.4 is 10.1 Å². The molecule has 1 heterocycles. The van der Waals surface area contributed by atoms with Gasteiger partial charge in [0.1, 0.15) is 5.75 Å². The molecule has 2 rings (SSSR count). The predicted molar refractivity (Wildman–Crippen MR) is 97.3 cm³/mol. The third kappa shape index (κ3) is 4.93. The molecule has 0 aliphatic carbocycles. The number of nitrogens with zero attached hydrogens (tertiary/aromatic N) is 2. The SMILES string of the molecule is COc1ccc(S(=O)(=O)N2CCN(C)CC2)cc1NC(=O)CC(C)C. The van der Waals surface area contributed by atoms with Gasteiger partial charge in [0.2, 0.25) is 15.9 Å². The van der Waals surface area contributed by atoms with E-state index >= 15 is 0 Å². The highest BCUT2D eigenvalue weighted by molar-refractivity contribution is 7.89. The summed E-state index contributed by atoms with van der Waals surface area (Å²) in [5, 5.41) is 2.76. The van der Waals surface area contributed by atoms with Gasteiger partial charge < -0.3 is 15.0 Å².